The monoisotopic (exact) mass is 249 g/mol. The maximum absolute atomic E-state index is 4.05. The molecule has 0 aromatic carbocycles. The van der Waals surface area contributed by atoms with Crippen LogP contribution in [0.2, 0.25) is 0 Å². The molecule has 1 aromatic heterocycles. The van der Waals surface area contributed by atoms with Gasteiger partial charge in [0, 0.05) is 31.5 Å². The van der Waals surface area contributed by atoms with Crippen molar-refractivity contribution < 1.29 is 0 Å². The summed E-state index contributed by atoms with van der Waals surface area (Å²) in [7, 11) is 2.19. The summed E-state index contributed by atoms with van der Waals surface area (Å²) in [6.07, 6.45) is 4.94. The van der Waals surface area contributed by atoms with Crippen molar-refractivity contribution in [3.05, 3.63) is 30.1 Å². The summed E-state index contributed by atoms with van der Waals surface area (Å²) in [6, 6.07) is 4.75. The van der Waals surface area contributed by atoms with Crippen LogP contribution < -0.4 is 5.32 Å². The molecule has 18 heavy (non-hydrogen) atoms. The van der Waals surface area contributed by atoms with E-state index in [1.807, 2.05) is 12.4 Å². The van der Waals surface area contributed by atoms with E-state index in [1.165, 1.54) is 12.0 Å². The van der Waals surface area contributed by atoms with Crippen molar-refractivity contribution in [2.75, 3.05) is 20.1 Å². The number of rotatable bonds is 8. The smallest absolute Gasteiger partial charge is 0.0271 e. The Labute approximate surface area is 112 Å². The van der Waals surface area contributed by atoms with Crippen LogP contribution in [0.15, 0.2) is 24.5 Å². The van der Waals surface area contributed by atoms with Crippen LogP contribution in [0.1, 0.15) is 32.8 Å². The van der Waals surface area contributed by atoms with E-state index in [1.54, 1.807) is 0 Å². The van der Waals surface area contributed by atoms with E-state index in [2.05, 4.69) is 55.2 Å². The highest BCUT2D eigenvalue weighted by molar-refractivity contribution is 5.09. The lowest BCUT2D eigenvalue weighted by atomic mass is 9.98. The van der Waals surface area contributed by atoms with Gasteiger partial charge in [0.25, 0.3) is 0 Å². The molecule has 0 saturated carbocycles. The molecule has 0 aliphatic heterocycles. The molecule has 102 valence electrons. The Morgan fingerprint density at radius 3 is 2.50 bits per heavy atom. The largest absolute Gasteiger partial charge is 0.313 e. The maximum atomic E-state index is 4.05. The van der Waals surface area contributed by atoms with Gasteiger partial charge in [0.2, 0.25) is 0 Å². The molecule has 0 fully saturated rings. The quantitative estimate of drug-likeness (QED) is 0.767. The molecule has 0 spiro atoms. The van der Waals surface area contributed by atoms with E-state index in [4.69, 9.17) is 0 Å². The van der Waals surface area contributed by atoms with Gasteiger partial charge < -0.3 is 10.2 Å². The summed E-state index contributed by atoms with van der Waals surface area (Å²) in [5, 5.41) is 3.60. The van der Waals surface area contributed by atoms with Crippen molar-refractivity contribution >= 4 is 0 Å². The number of nitrogens with one attached hydrogen (secondary N) is 1. The summed E-state index contributed by atoms with van der Waals surface area (Å²) >= 11 is 0. The second-order valence-electron chi connectivity index (χ2n) is 5.10. The van der Waals surface area contributed by atoms with Gasteiger partial charge in [0.1, 0.15) is 0 Å². The molecular formula is C15H27N3. The molecule has 2 atom stereocenters. The molecule has 1 rings (SSSR count). The van der Waals surface area contributed by atoms with Crippen LogP contribution in [-0.2, 0) is 6.54 Å². The van der Waals surface area contributed by atoms with Crippen LogP contribution in [-0.4, -0.2) is 36.1 Å². The normalized spacial score (nSPS) is 14.7. The number of nitrogens with zero attached hydrogens (tertiary/aromatic N) is 2. The first-order valence-electron chi connectivity index (χ1n) is 6.98. The van der Waals surface area contributed by atoms with E-state index in [9.17, 15) is 0 Å². The van der Waals surface area contributed by atoms with Gasteiger partial charge >= 0.3 is 0 Å². The fourth-order valence-electron chi connectivity index (χ4n) is 2.19. The van der Waals surface area contributed by atoms with Crippen LogP contribution in [0.4, 0.5) is 0 Å². The molecule has 2 unspecified atom stereocenters. The van der Waals surface area contributed by atoms with Crippen molar-refractivity contribution in [2.45, 2.75) is 39.8 Å². The lowest BCUT2D eigenvalue weighted by molar-refractivity contribution is 0.240. The van der Waals surface area contributed by atoms with Gasteiger partial charge in [0.15, 0.2) is 0 Å². The minimum absolute atomic E-state index is 0.576. The summed E-state index contributed by atoms with van der Waals surface area (Å²) < 4.78 is 0. The fraction of sp³-hybridized carbons (Fsp3) is 0.667. The minimum Gasteiger partial charge on any atom is -0.313 e. The third-order valence-electron chi connectivity index (χ3n) is 3.51. The molecule has 3 heteroatoms. The van der Waals surface area contributed by atoms with E-state index < -0.39 is 0 Å². The third kappa shape index (κ3) is 5.15. The Morgan fingerprint density at radius 1 is 1.28 bits per heavy atom. The zero-order chi connectivity index (χ0) is 13.4. The first-order valence-corrected chi connectivity index (χ1v) is 6.98. The molecule has 0 aliphatic carbocycles. The fourth-order valence-corrected chi connectivity index (χ4v) is 2.19. The first kappa shape index (κ1) is 15.1. The molecule has 0 amide bonds. The minimum atomic E-state index is 0.576. The SMILES string of the molecule is CCNC(CN(C)Cc1ccncc1)C(C)CC. The van der Waals surface area contributed by atoms with Crippen LogP contribution in [0, 0.1) is 5.92 Å². The number of hydrogen-bond donors (Lipinski definition) is 1. The second-order valence-corrected chi connectivity index (χ2v) is 5.10. The molecular weight excluding hydrogens is 222 g/mol. The number of pyridine rings is 1. The van der Waals surface area contributed by atoms with E-state index in [0.29, 0.717) is 12.0 Å². The summed E-state index contributed by atoms with van der Waals surface area (Å²) in [5.41, 5.74) is 1.33. The number of hydrogen-bond acceptors (Lipinski definition) is 3. The average Bonchev–Trinajstić information content (AvgIpc) is 2.38. The van der Waals surface area contributed by atoms with Gasteiger partial charge in [-0.2, -0.15) is 0 Å². The Bertz CT molecular complexity index is 313. The number of aromatic nitrogens is 1. The first-order chi connectivity index (χ1) is 8.67. The zero-order valence-corrected chi connectivity index (χ0v) is 12.2. The molecule has 0 bridgehead atoms. The highest BCUT2D eigenvalue weighted by Gasteiger charge is 2.16. The Balaban J connectivity index is 2.48. The molecule has 0 aliphatic rings. The maximum Gasteiger partial charge on any atom is 0.0271 e. The van der Waals surface area contributed by atoms with Crippen molar-refractivity contribution in [3.8, 4) is 0 Å². The summed E-state index contributed by atoms with van der Waals surface area (Å²) in [4.78, 5) is 6.44. The standard InChI is InChI=1S/C15H27N3/c1-5-13(3)15(17-6-2)12-18(4)11-14-7-9-16-10-8-14/h7-10,13,15,17H,5-6,11-12H2,1-4H3. The van der Waals surface area contributed by atoms with E-state index >= 15 is 0 Å². The summed E-state index contributed by atoms with van der Waals surface area (Å²) in [5.74, 6) is 0.713. The van der Waals surface area contributed by atoms with Crippen molar-refractivity contribution in [1.82, 2.24) is 15.2 Å². The van der Waals surface area contributed by atoms with Gasteiger partial charge in [-0.15, -0.1) is 0 Å². The van der Waals surface area contributed by atoms with E-state index in [0.717, 1.165) is 19.6 Å². The van der Waals surface area contributed by atoms with Crippen LogP contribution in [0.25, 0.3) is 0 Å². The lowest BCUT2D eigenvalue weighted by Gasteiger charge is -2.29. The third-order valence-corrected chi connectivity index (χ3v) is 3.51. The van der Waals surface area contributed by atoms with Crippen molar-refractivity contribution in [1.29, 1.82) is 0 Å². The molecule has 3 nitrogen and oxygen atoms in total. The molecule has 1 aromatic rings. The highest BCUT2D eigenvalue weighted by Crippen LogP contribution is 2.10. The second kappa shape index (κ2) is 8.22. The molecule has 0 radical (unpaired) electrons. The topological polar surface area (TPSA) is 28.2 Å². The Hall–Kier alpha value is -0.930. The highest BCUT2D eigenvalue weighted by atomic mass is 15.1. The molecule has 1 N–H and O–H groups in total. The average molecular weight is 249 g/mol. The number of likely N-dealkylation sites (N-methyl/N-ethyl adjacent to an activating group) is 2. The predicted octanol–water partition coefficient (Wildman–Crippen LogP) is 2.54. The van der Waals surface area contributed by atoms with Crippen LogP contribution >= 0.6 is 0 Å². The lowest BCUT2D eigenvalue weighted by Crippen LogP contribution is -2.43. The predicted molar refractivity (Wildman–Crippen MR) is 77.5 cm³/mol. The summed E-state index contributed by atoms with van der Waals surface area (Å²) in [6.45, 7) is 9.88. The zero-order valence-electron chi connectivity index (χ0n) is 12.2. The van der Waals surface area contributed by atoms with Gasteiger partial charge in [-0.1, -0.05) is 27.2 Å². The van der Waals surface area contributed by atoms with Crippen molar-refractivity contribution in [2.24, 2.45) is 5.92 Å². The van der Waals surface area contributed by atoms with E-state index in [-0.39, 0.29) is 0 Å². The van der Waals surface area contributed by atoms with Gasteiger partial charge in [-0.3, -0.25) is 4.98 Å². The van der Waals surface area contributed by atoms with Gasteiger partial charge in [-0.25, -0.2) is 0 Å². The Kier molecular flexibility index (Phi) is 6.91. The van der Waals surface area contributed by atoms with Gasteiger partial charge in [0.05, 0.1) is 0 Å². The molecule has 1 heterocycles. The van der Waals surface area contributed by atoms with Crippen molar-refractivity contribution in [3.63, 3.8) is 0 Å². The molecule has 0 saturated heterocycles. The van der Waals surface area contributed by atoms with Gasteiger partial charge in [-0.05, 0) is 37.2 Å². The van der Waals surface area contributed by atoms with Crippen LogP contribution in [0.5, 0.6) is 0 Å². The Morgan fingerprint density at radius 2 is 1.94 bits per heavy atom. The van der Waals surface area contributed by atoms with Crippen LogP contribution in [0.3, 0.4) is 0 Å².